The molecule has 1 aromatic rings. The van der Waals surface area contributed by atoms with Crippen LogP contribution in [0.25, 0.3) is 0 Å². The first-order valence-corrected chi connectivity index (χ1v) is 5.26. The van der Waals surface area contributed by atoms with Crippen LogP contribution in [0, 0.1) is 0 Å². The lowest BCUT2D eigenvalue weighted by molar-refractivity contribution is -0.117. The third-order valence-corrected chi connectivity index (χ3v) is 2.31. The van der Waals surface area contributed by atoms with Gasteiger partial charge in [-0.05, 0) is 6.07 Å². The van der Waals surface area contributed by atoms with Gasteiger partial charge in [0.15, 0.2) is 0 Å². The molecule has 1 aliphatic heterocycles. The summed E-state index contributed by atoms with van der Waals surface area (Å²) in [6.45, 7) is 0.678. The van der Waals surface area contributed by atoms with Crippen molar-refractivity contribution in [1.82, 2.24) is 0 Å². The van der Waals surface area contributed by atoms with Gasteiger partial charge >= 0.3 is 0 Å². The van der Waals surface area contributed by atoms with Crippen LogP contribution in [0.3, 0.4) is 0 Å². The molecule has 0 bridgehead atoms. The summed E-state index contributed by atoms with van der Waals surface area (Å²) >= 11 is 0. The first-order chi connectivity index (χ1) is 8.31. The number of benzene rings is 1. The number of hydrogen-bond donors (Lipinski definition) is 2. The molecule has 2 rings (SSSR count). The van der Waals surface area contributed by atoms with Crippen molar-refractivity contribution in [3.05, 3.63) is 41.9 Å². The average Bonchev–Trinajstić information content (AvgIpc) is 2.40. The zero-order chi connectivity index (χ0) is 12.1. The van der Waals surface area contributed by atoms with E-state index in [4.69, 9.17) is 14.6 Å². The zero-order valence-corrected chi connectivity index (χ0v) is 9.18. The molecule has 0 unspecified atom stereocenters. The van der Waals surface area contributed by atoms with E-state index in [0.717, 1.165) is 0 Å². The molecule has 0 aromatic heterocycles. The molecule has 0 fully saturated rings. The molecule has 1 heterocycles. The number of rotatable bonds is 3. The predicted molar refractivity (Wildman–Crippen MR) is 61.0 cm³/mol. The maximum atomic E-state index is 11.8. The zero-order valence-electron chi connectivity index (χ0n) is 9.18. The fourth-order valence-electron chi connectivity index (χ4n) is 1.45. The number of aliphatic hydroxyl groups excluding tert-OH is 1. The van der Waals surface area contributed by atoms with E-state index in [2.05, 4.69) is 5.32 Å². The highest BCUT2D eigenvalue weighted by Gasteiger charge is 2.15. The molecule has 2 N–H and O–H groups in total. The van der Waals surface area contributed by atoms with Crippen LogP contribution in [-0.4, -0.2) is 24.2 Å². The molecule has 90 valence electrons. The van der Waals surface area contributed by atoms with Gasteiger partial charge in [-0.15, -0.1) is 0 Å². The number of amides is 1. The van der Waals surface area contributed by atoms with Gasteiger partial charge < -0.3 is 19.9 Å². The Balaban J connectivity index is 2.09. The van der Waals surface area contributed by atoms with E-state index in [1.165, 1.54) is 6.26 Å². The smallest absolute Gasteiger partial charge is 0.294 e. The summed E-state index contributed by atoms with van der Waals surface area (Å²) in [5, 5.41) is 11.8. The number of aliphatic hydroxyl groups is 1. The number of hydrogen-bond acceptors (Lipinski definition) is 4. The van der Waals surface area contributed by atoms with Crippen LogP contribution in [0.4, 0.5) is 5.69 Å². The Labute approximate surface area is 98.7 Å². The van der Waals surface area contributed by atoms with E-state index < -0.39 is 0 Å². The van der Waals surface area contributed by atoms with Gasteiger partial charge in [0, 0.05) is 11.3 Å². The van der Waals surface area contributed by atoms with Crippen LogP contribution in [0.1, 0.15) is 5.56 Å². The number of carbonyl (C=O) groups excluding carboxylic acids is 1. The van der Waals surface area contributed by atoms with Gasteiger partial charge in [-0.2, -0.15) is 0 Å². The minimum atomic E-state index is -0.384. The Morgan fingerprint density at radius 2 is 2.18 bits per heavy atom. The van der Waals surface area contributed by atoms with E-state index in [1.807, 2.05) is 0 Å². The lowest BCUT2D eigenvalue weighted by Crippen LogP contribution is -2.21. The molecule has 5 heteroatoms. The molecule has 17 heavy (non-hydrogen) atoms. The second kappa shape index (κ2) is 5.36. The number of ether oxygens (including phenoxy) is 2. The summed E-state index contributed by atoms with van der Waals surface area (Å²) in [7, 11) is 0. The second-order valence-electron chi connectivity index (χ2n) is 3.47. The van der Waals surface area contributed by atoms with Gasteiger partial charge in [0.1, 0.15) is 19.5 Å². The summed E-state index contributed by atoms with van der Waals surface area (Å²) in [4.78, 5) is 11.8. The Kier molecular flexibility index (Phi) is 3.62. The second-order valence-corrected chi connectivity index (χ2v) is 3.47. The van der Waals surface area contributed by atoms with Crippen molar-refractivity contribution in [3.8, 4) is 0 Å². The minimum Gasteiger partial charge on any atom is -0.494 e. The largest absolute Gasteiger partial charge is 0.494 e. The van der Waals surface area contributed by atoms with Crippen LogP contribution in [0.15, 0.2) is 36.3 Å². The summed E-state index contributed by atoms with van der Waals surface area (Å²) in [6, 6.07) is 7.03. The Morgan fingerprint density at radius 1 is 1.35 bits per heavy atom. The quantitative estimate of drug-likeness (QED) is 0.820. The molecule has 0 spiro atoms. The van der Waals surface area contributed by atoms with Gasteiger partial charge in [-0.1, -0.05) is 18.2 Å². The highest BCUT2D eigenvalue weighted by molar-refractivity contribution is 6.02. The molecule has 0 radical (unpaired) electrons. The fraction of sp³-hybridized carbons (Fsp3) is 0.250. The highest BCUT2D eigenvalue weighted by Crippen LogP contribution is 2.16. The first kappa shape index (κ1) is 11.5. The van der Waals surface area contributed by atoms with Crippen LogP contribution in [0.2, 0.25) is 0 Å². The number of carbonyl (C=O) groups is 1. The molecule has 0 saturated carbocycles. The summed E-state index contributed by atoms with van der Waals surface area (Å²) < 4.78 is 10.1. The minimum absolute atomic E-state index is 0.132. The molecular formula is C12H13NO4. The molecule has 0 atom stereocenters. The third-order valence-electron chi connectivity index (χ3n) is 2.31. The monoisotopic (exact) mass is 235 g/mol. The maximum absolute atomic E-state index is 11.8. The van der Waals surface area contributed by atoms with Crippen LogP contribution >= 0.6 is 0 Å². The van der Waals surface area contributed by atoms with Crippen molar-refractivity contribution in [2.45, 2.75) is 6.61 Å². The van der Waals surface area contributed by atoms with E-state index in [9.17, 15) is 4.79 Å². The van der Waals surface area contributed by atoms with Gasteiger partial charge in [-0.3, -0.25) is 4.79 Å². The molecule has 5 nitrogen and oxygen atoms in total. The van der Waals surface area contributed by atoms with Gasteiger partial charge in [-0.25, -0.2) is 0 Å². The Morgan fingerprint density at radius 3 is 2.88 bits per heavy atom. The van der Waals surface area contributed by atoms with Crippen LogP contribution in [0.5, 0.6) is 0 Å². The van der Waals surface area contributed by atoms with E-state index >= 15 is 0 Å². The summed E-state index contributed by atoms with van der Waals surface area (Å²) in [5.41, 5.74) is 1.22. The van der Waals surface area contributed by atoms with Crippen molar-refractivity contribution < 1.29 is 19.4 Å². The molecule has 1 aliphatic rings. The molecule has 1 amide bonds. The topological polar surface area (TPSA) is 67.8 Å². The lowest BCUT2D eigenvalue weighted by atomic mass is 10.2. The van der Waals surface area contributed by atoms with Gasteiger partial charge in [0.05, 0.1) is 6.61 Å². The van der Waals surface area contributed by atoms with Gasteiger partial charge in [0.25, 0.3) is 5.91 Å². The van der Waals surface area contributed by atoms with Crippen molar-refractivity contribution in [2.75, 3.05) is 18.5 Å². The highest BCUT2D eigenvalue weighted by atomic mass is 16.6. The van der Waals surface area contributed by atoms with Crippen molar-refractivity contribution in [3.63, 3.8) is 0 Å². The molecule has 0 aliphatic carbocycles. The Bertz CT molecular complexity index is 442. The first-order valence-electron chi connectivity index (χ1n) is 5.26. The summed E-state index contributed by atoms with van der Waals surface area (Å²) in [6.07, 6.45) is 1.29. The van der Waals surface area contributed by atoms with Crippen molar-refractivity contribution >= 4 is 11.6 Å². The van der Waals surface area contributed by atoms with Crippen LogP contribution in [-0.2, 0) is 20.9 Å². The average molecular weight is 235 g/mol. The third kappa shape index (κ3) is 2.76. The molecular weight excluding hydrogens is 222 g/mol. The molecule has 1 aromatic carbocycles. The normalized spacial score (nSPS) is 14.3. The van der Waals surface area contributed by atoms with Crippen LogP contribution < -0.4 is 5.32 Å². The maximum Gasteiger partial charge on any atom is 0.294 e. The Hall–Kier alpha value is -2.01. The molecule has 0 saturated heterocycles. The number of nitrogens with one attached hydrogen (secondary N) is 1. The SMILES string of the molecule is O=C(Nc1ccccc1CO)C1=COCCO1. The van der Waals surface area contributed by atoms with Crippen molar-refractivity contribution in [2.24, 2.45) is 0 Å². The van der Waals surface area contributed by atoms with Crippen molar-refractivity contribution in [1.29, 1.82) is 0 Å². The van der Waals surface area contributed by atoms with E-state index in [1.54, 1.807) is 24.3 Å². The van der Waals surface area contributed by atoms with Gasteiger partial charge in [0.2, 0.25) is 5.76 Å². The summed E-state index contributed by atoms with van der Waals surface area (Å²) in [5.74, 6) is -0.241. The predicted octanol–water partition coefficient (Wildman–Crippen LogP) is 1.01. The van der Waals surface area contributed by atoms with E-state index in [-0.39, 0.29) is 18.3 Å². The standard InChI is InChI=1S/C12H13NO4/c14-7-9-3-1-2-4-10(9)13-12(15)11-8-16-5-6-17-11/h1-4,8,14H,5-7H2,(H,13,15). The number of para-hydroxylation sites is 1. The number of anilines is 1. The fourth-order valence-corrected chi connectivity index (χ4v) is 1.45. The van der Waals surface area contributed by atoms with E-state index in [0.29, 0.717) is 24.5 Å². The lowest BCUT2D eigenvalue weighted by Gasteiger charge is -2.15.